The van der Waals surface area contributed by atoms with E-state index in [1.165, 1.54) is 12.8 Å². The lowest BCUT2D eigenvalue weighted by Crippen LogP contribution is -2.28. The van der Waals surface area contributed by atoms with Crippen molar-refractivity contribution in [3.63, 3.8) is 0 Å². The lowest BCUT2D eigenvalue weighted by Gasteiger charge is -2.27. The molecular formula is C11H18O. The molecule has 0 aromatic rings. The predicted molar refractivity (Wildman–Crippen MR) is 52.0 cm³/mol. The van der Waals surface area contributed by atoms with Gasteiger partial charge in [-0.15, -0.1) is 6.58 Å². The maximum Gasteiger partial charge on any atom is 0.0888 e. The van der Waals surface area contributed by atoms with Crippen LogP contribution in [0, 0.1) is 0 Å². The van der Waals surface area contributed by atoms with Gasteiger partial charge < -0.3 is 5.11 Å². The van der Waals surface area contributed by atoms with Gasteiger partial charge in [0.25, 0.3) is 0 Å². The third-order valence-electron chi connectivity index (χ3n) is 2.71. The zero-order valence-corrected chi connectivity index (χ0v) is 7.68. The molecule has 1 heteroatoms. The Morgan fingerprint density at radius 3 is 2.83 bits per heavy atom. The molecule has 0 radical (unpaired) electrons. The highest BCUT2D eigenvalue weighted by Gasteiger charge is 2.29. The molecule has 0 aromatic heterocycles. The van der Waals surface area contributed by atoms with Gasteiger partial charge in [-0.3, -0.25) is 0 Å². The average Bonchev–Trinajstić information content (AvgIpc) is 2.17. The fraction of sp³-hybridized carbons (Fsp3) is 0.636. The van der Waals surface area contributed by atoms with E-state index < -0.39 is 5.60 Å². The highest BCUT2D eigenvalue weighted by Crippen LogP contribution is 2.33. The molecule has 68 valence electrons. The van der Waals surface area contributed by atoms with Gasteiger partial charge in [0, 0.05) is 0 Å². The maximum atomic E-state index is 10.1. The second-order valence-corrected chi connectivity index (χ2v) is 3.69. The van der Waals surface area contributed by atoms with Crippen molar-refractivity contribution in [3.8, 4) is 0 Å². The third-order valence-corrected chi connectivity index (χ3v) is 2.71. The fourth-order valence-corrected chi connectivity index (χ4v) is 1.83. The van der Waals surface area contributed by atoms with Gasteiger partial charge in [-0.25, -0.2) is 0 Å². The molecule has 12 heavy (non-hydrogen) atoms. The first kappa shape index (κ1) is 9.53. The van der Waals surface area contributed by atoms with Crippen molar-refractivity contribution >= 4 is 0 Å². The Morgan fingerprint density at radius 1 is 1.42 bits per heavy atom. The van der Waals surface area contributed by atoms with Gasteiger partial charge in [-0.05, 0) is 31.3 Å². The van der Waals surface area contributed by atoms with Crippen LogP contribution < -0.4 is 0 Å². The van der Waals surface area contributed by atoms with Gasteiger partial charge in [0.2, 0.25) is 0 Å². The molecular weight excluding hydrogens is 148 g/mol. The second-order valence-electron chi connectivity index (χ2n) is 3.69. The molecule has 0 aliphatic heterocycles. The van der Waals surface area contributed by atoms with Crippen LogP contribution in [0.3, 0.4) is 0 Å². The van der Waals surface area contributed by atoms with E-state index in [4.69, 9.17) is 0 Å². The van der Waals surface area contributed by atoms with Gasteiger partial charge in [0.15, 0.2) is 0 Å². The van der Waals surface area contributed by atoms with Gasteiger partial charge in [0.05, 0.1) is 5.60 Å². The summed E-state index contributed by atoms with van der Waals surface area (Å²) in [6.07, 6.45) is 7.80. The predicted octanol–water partition coefficient (Wildman–Crippen LogP) is 2.81. The third kappa shape index (κ3) is 1.98. The molecule has 0 bridgehead atoms. The van der Waals surface area contributed by atoms with E-state index in [1.807, 2.05) is 0 Å². The number of aliphatic hydroxyl groups is 1. The topological polar surface area (TPSA) is 20.2 Å². The lowest BCUT2D eigenvalue weighted by atomic mass is 9.87. The molecule has 0 spiro atoms. The van der Waals surface area contributed by atoms with Crippen molar-refractivity contribution < 1.29 is 5.11 Å². The Morgan fingerprint density at radius 2 is 2.17 bits per heavy atom. The summed E-state index contributed by atoms with van der Waals surface area (Å²) in [4.78, 5) is 0. The highest BCUT2D eigenvalue weighted by atomic mass is 16.3. The minimum Gasteiger partial charge on any atom is -0.385 e. The number of hydrogen-bond donors (Lipinski definition) is 1. The van der Waals surface area contributed by atoms with E-state index in [-0.39, 0.29) is 0 Å². The SMILES string of the molecule is C=CCC1(O)CCCCCC1=C. The minimum absolute atomic E-state index is 0.641. The van der Waals surface area contributed by atoms with E-state index in [9.17, 15) is 5.11 Å². The van der Waals surface area contributed by atoms with Crippen LogP contribution >= 0.6 is 0 Å². The average molecular weight is 166 g/mol. The molecule has 1 fully saturated rings. The molecule has 1 saturated carbocycles. The van der Waals surface area contributed by atoms with Crippen LogP contribution in [0.5, 0.6) is 0 Å². The molecule has 1 nitrogen and oxygen atoms in total. The molecule has 0 heterocycles. The van der Waals surface area contributed by atoms with Crippen LogP contribution in [-0.2, 0) is 0 Å². The Balaban J connectivity index is 2.68. The Labute approximate surface area is 74.8 Å². The number of hydrogen-bond acceptors (Lipinski definition) is 1. The Bertz CT molecular complexity index is 183. The summed E-state index contributed by atoms with van der Waals surface area (Å²) in [5.74, 6) is 0. The first-order chi connectivity index (χ1) is 5.69. The largest absolute Gasteiger partial charge is 0.385 e. The zero-order chi connectivity index (χ0) is 9.03. The standard InChI is InChI=1S/C11H18O/c1-3-8-11(12)9-6-4-5-7-10(11)2/h3,12H,1-2,4-9H2. The van der Waals surface area contributed by atoms with Crippen molar-refractivity contribution in [2.45, 2.75) is 44.1 Å². The van der Waals surface area contributed by atoms with Crippen LogP contribution in [0.4, 0.5) is 0 Å². The second kappa shape index (κ2) is 3.90. The first-order valence-corrected chi connectivity index (χ1v) is 4.70. The number of rotatable bonds is 2. The van der Waals surface area contributed by atoms with Gasteiger partial charge in [-0.2, -0.15) is 0 Å². The van der Waals surface area contributed by atoms with Crippen molar-refractivity contribution in [2.75, 3.05) is 0 Å². The molecule has 1 aliphatic carbocycles. The summed E-state index contributed by atoms with van der Waals surface area (Å²) in [5, 5.41) is 10.1. The molecule has 1 rings (SSSR count). The molecule has 0 saturated heterocycles. The van der Waals surface area contributed by atoms with E-state index >= 15 is 0 Å². The van der Waals surface area contributed by atoms with Crippen molar-refractivity contribution in [3.05, 3.63) is 24.8 Å². The molecule has 1 unspecified atom stereocenters. The van der Waals surface area contributed by atoms with Crippen LogP contribution in [0.15, 0.2) is 24.8 Å². The molecule has 1 aliphatic rings. The molecule has 0 aromatic carbocycles. The van der Waals surface area contributed by atoms with Crippen LogP contribution in [-0.4, -0.2) is 10.7 Å². The zero-order valence-electron chi connectivity index (χ0n) is 7.68. The van der Waals surface area contributed by atoms with E-state index in [0.717, 1.165) is 24.8 Å². The molecule has 0 amide bonds. The van der Waals surface area contributed by atoms with Gasteiger partial charge in [-0.1, -0.05) is 25.5 Å². The summed E-state index contributed by atoms with van der Waals surface area (Å²) < 4.78 is 0. The van der Waals surface area contributed by atoms with Crippen molar-refractivity contribution in [1.82, 2.24) is 0 Å². The Hall–Kier alpha value is -0.560. The monoisotopic (exact) mass is 166 g/mol. The summed E-state index contributed by atoms with van der Waals surface area (Å²) in [6.45, 7) is 7.61. The van der Waals surface area contributed by atoms with Crippen LogP contribution in [0.2, 0.25) is 0 Å². The quantitative estimate of drug-likeness (QED) is 0.494. The summed E-state index contributed by atoms with van der Waals surface area (Å²) in [7, 11) is 0. The van der Waals surface area contributed by atoms with Crippen LogP contribution in [0.1, 0.15) is 38.5 Å². The normalized spacial score (nSPS) is 31.2. The molecule has 1 atom stereocenters. The Kier molecular flexibility index (Phi) is 3.10. The van der Waals surface area contributed by atoms with Crippen molar-refractivity contribution in [1.29, 1.82) is 0 Å². The summed E-state index contributed by atoms with van der Waals surface area (Å²) in [5.41, 5.74) is 0.359. The minimum atomic E-state index is -0.641. The van der Waals surface area contributed by atoms with E-state index in [1.54, 1.807) is 6.08 Å². The van der Waals surface area contributed by atoms with E-state index in [2.05, 4.69) is 13.2 Å². The smallest absolute Gasteiger partial charge is 0.0888 e. The summed E-state index contributed by atoms with van der Waals surface area (Å²) in [6, 6.07) is 0. The van der Waals surface area contributed by atoms with Crippen LogP contribution in [0.25, 0.3) is 0 Å². The van der Waals surface area contributed by atoms with E-state index in [0.29, 0.717) is 6.42 Å². The van der Waals surface area contributed by atoms with Gasteiger partial charge >= 0.3 is 0 Å². The van der Waals surface area contributed by atoms with Gasteiger partial charge in [0.1, 0.15) is 0 Å². The highest BCUT2D eigenvalue weighted by molar-refractivity contribution is 5.15. The first-order valence-electron chi connectivity index (χ1n) is 4.70. The maximum absolute atomic E-state index is 10.1. The lowest BCUT2D eigenvalue weighted by molar-refractivity contribution is 0.0716. The molecule has 1 N–H and O–H groups in total. The fourth-order valence-electron chi connectivity index (χ4n) is 1.83. The van der Waals surface area contributed by atoms with Crippen molar-refractivity contribution in [2.24, 2.45) is 0 Å². The summed E-state index contributed by atoms with van der Waals surface area (Å²) >= 11 is 0.